The lowest BCUT2D eigenvalue weighted by atomic mass is 9.66. The maximum absolute atomic E-state index is 2.49. The van der Waals surface area contributed by atoms with Gasteiger partial charge in [0.2, 0.25) is 0 Å². The van der Waals surface area contributed by atoms with Crippen LogP contribution in [-0.2, 0) is 5.41 Å². The zero-order valence-electron chi connectivity index (χ0n) is 33.1. The van der Waals surface area contributed by atoms with E-state index in [1.807, 2.05) is 0 Å². The van der Waals surface area contributed by atoms with Crippen LogP contribution in [0.3, 0.4) is 0 Å². The number of fused-ring (bicyclic) bond motifs is 5. The molecule has 0 aliphatic heterocycles. The van der Waals surface area contributed by atoms with Crippen molar-refractivity contribution in [1.29, 1.82) is 0 Å². The van der Waals surface area contributed by atoms with Crippen LogP contribution in [0.1, 0.15) is 22.3 Å². The van der Waals surface area contributed by atoms with E-state index in [0.29, 0.717) is 0 Å². The van der Waals surface area contributed by atoms with E-state index in [-0.39, 0.29) is 0 Å². The molecule has 1 aliphatic carbocycles. The summed E-state index contributed by atoms with van der Waals surface area (Å²) in [7, 11) is 0. The molecule has 0 atom stereocenters. The van der Waals surface area contributed by atoms with E-state index >= 15 is 0 Å². The lowest BCUT2D eigenvalue weighted by Gasteiger charge is -2.36. The first-order chi connectivity index (χ1) is 29.8. The lowest BCUT2D eigenvalue weighted by Crippen LogP contribution is -2.29. The summed E-state index contributed by atoms with van der Waals surface area (Å²) in [6, 6.07) is 91.1. The Kier molecular flexibility index (Phi) is 8.79. The number of hydrogen-bond donors (Lipinski definition) is 0. The SMILES string of the molecule is c1ccc(-c2ccc(N(c3ccc(-c4ccccc4)cc3)c3cc4c(c5cccc(-c6ccccc6)c35)C(c3ccccc3)(c3ccccc3)c3ccccc3-4)cc2)cc1. The minimum atomic E-state index is -0.556. The van der Waals surface area contributed by atoms with Crippen LogP contribution in [0.5, 0.6) is 0 Å². The maximum atomic E-state index is 2.49. The van der Waals surface area contributed by atoms with Gasteiger partial charge in [-0.25, -0.2) is 0 Å². The van der Waals surface area contributed by atoms with E-state index in [9.17, 15) is 0 Å². The highest BCUT2D eigenvalue weighted by atomic mass is 15.1. The topological polar surface area (TPSA) is 3.24 Å². The van der Waals surface area contributed by atoms with Gasteiger partial charge in [-0.15, -0.1) is 0 Å². The Labute approximate surface area is 352 Å². The second kappa shape index (κ2) is 14.9. The Hall–Kier alpha value is -7.74. The van der Waals surface area contributed by atoms with Crippen LogP contribution in [0.2, 0.25) is 0 Å². The highest BCUT2D eigenvalue weighted by molar-refractivity contribution is 6.14. The molecule has 0 radical (unpaired) electrons. The molecule has 1 heteroatoms. The minimum Gasteiger partial charge on any atom is -0.310 e. The summed E-state index contributed by atoms with van der Waals surface area (Å²) in [5.41, 5.74) is 17.6. The van der Waals surface area contributed by atoms with Gasteiger partial charge in [-0.2, -0.15) is 0 Å². The van der Waals surface area contributed by atoms with Gasteiger partial charge in [0.05, 0.1) is 11.1 Å². The van der Waals surface area contributed by atoms with Gasteiger partial charge in [-0.1, -0.05) is 218 Å². The standard InChI is InChI=1S/C59H41N/c1-6-19-42(20-7-1)44-33-37-49(38-34-44)60(50-39-35-45(36-40-50)43-21-8-2-9-22-43)56-41-54-52-29-16-17-32-55(52)59(47-25-12-4-13-26-47,48-27-14-5-15-28-48)58(54)53-31-18-30-51(57(53)56)46-23-10-3-11-24-46/h1-41H. The van der Waals surface area contributed by atoms with E-state index in [1.54, 1.807) is 0 Å². The molecular weight excluding hydrogens is 723 g/mol. The Morgan fingerprint density at radius 1 is 0.300 bits per heavy atom. The van der Waals surface area contributed by atoms with Crippen molar-refractivity contribution >= 4 is 27.8 Å². The molecule has 1 aliphatic rings. The molecule has 0 aromatic heterocycles. The van der Waals surface area contributed by atoms with Gasteiger partial charge in [0.15, 0.2) is 0 Å². The predicted molar refractivity (Wildman–Crippen MR) is 252 cm³/mol. The lowest BCUT2D eigenvalue weighted by molar-refractivity contribution is 0.775. The van der Waals surface area contributed by atoms with Crippen molar-refractivity contribution in [2.75, 3.05) is 4.90 Å². The van der Waals surface area contributed by atoms with Crippen molar-refractivity contribution in [2.24, 2.45) is 0 Å². The van der Waals surface area contributed by atoms with E-state index in [1.165, 1.54) is 77.5 Å². The first-order valence-electron chi connectivity index (χ1n) is 20.8. The largest absolute Gasteiger partial charge is 0.310 e. The second-order valence-corrected chi connectivity index (χ2v) is 15.6. The number of hydrogen-bond acceptors (Lipinski definition) is 1. The minimum absolute atomic E-state index is 0.556. The molecule has 11 rings (SSSR count). The van der Waals surface area contributed by atoms with E-state index < -0.39 is 5.41 Å². The number of rotatable bonds is 8. The molecule has 0 bridgehead atoms. The molecule has 0 fully saturated rings. The van der Waals surface area contributed by atoms with Crippen LogP contribution in [0, 0.1) is 0 Å². The molecular formula is C59H41N. The zero-order valence-corrected chi connectivity index (χ0v) is 33.1. The quantitative estimate of drug-likeness (QED) is 0.149. The fourth-order valence-electron chi connectivity index (χ4n) is 9.73. The molecule has 0 saturated heterocycles. The summed E-state index contributed by atoms with van der Waals surface area (Å²) in [5, 5.41) is 2.45. The Morgan fingerprint density at radius 3 is 1.23 bits per heavy atom. The van der Waals surface area contributed by atoms with Crippen LogP contribution in [0.25, 0.3) is 55.3 Å². The van der Waals surface area contributed by atoms with Crippen molar-refractivity contribution in [2.45, 2.75) is 5.41 Å². The summed E-state index contributed by atoms with van der Waals surface area (Å²) in [6.45, 7) is 0. The van der Waals surface area contributed by atoms with E-state index in [2.05, 4.69) is 254 Å². The van der Waals surface area contributed by atoms with Crippen molar-refractivity contribution in [3.8, 4) is 44.5 Å². The summed E-state index contributed by atoms with van der Waals surface area (Å²) < 4.78 is 0. The molecule has 10 aromatic rings. The molecule has 0 heterocycles. The van der Waals surface area contributed by atoms with Crippen molar-refractivity contribution in [1.82, 2.24) is 0 Å². The van der Waals surface area contributed by atoms with Crippen LogP contribution in [0.4, 0.5) is 17.1 Å². The average molecular weight is 764 g/mol. The molecule has 0 unspecified atom stereocenters. The predicted octanol–water partition coefficient (Wildman–Crippen LogP) is 15.7. The summed E-state index contributed by atoms with van der Waals surface area (Å²) >= 11 is 0. The number of benzene rings is 10. The zero-order chi connectivity index (χ0) is 39.9. The van der Waals surface area contributed by atoms with E-state index in [4.69, 9.17) is 0 Å². The first kappa shape index (κ1) is 35.4. The van der Waals surface area contributed by atoms with Crippen molar-refractivity contribution < 1.29 is 0 Å². The maximum Gasteiger partial charge on any atom is 0.0719 e. The third-order valence-corrected chi connectivity index (χ3v) is 12.3. The highest BCUT2D eigenvalue weighted by Gasteiger charge is 2.47. The normalized spacial score (nSPS) is 12.5. The number of anilines is 3. The number of nitrogens with zero attached hydrogens (tertiary/aromatic N) is 1. The van der Waals surface area contributed by atoms with Gasteiger partial charge in [-0.05, 0) is 102 Å². The summed E-state index contributed by atoms with van der Waals surface area (Å²) in [6.07, 6.45) is 0. The van der Waals surface area contributed by atoms with Gasteiger partial charge in [0.25, 0.3) is 0 Å². The third kappa shape index (κ3) is 5.78. The molecule has 1 nitrogen and oxygen atoms in total. The van der Waals surface area contributed by atoms with Crippen LogP contribution in [-0.4, -0.2) is 0 Å². The summed E-state index contributed by atoms with van der Waals surface area (Å²) in [4.78, 5) is 2.48. The van der Waals surface area contributed by atoms with Crippen LogP contribution < -0.4 is 4.90 Å². The molecule has 0 N–H and O–H groups in total. The first-order valence-corrected chi connectivity index (χ1v) is 20.8. The molecule has 0 amide bonds. The molecule has 60 heavy (non-hydrogen) atoms. The van der Waals surface area contributed by atoms with Crippen molar-refractivity contribution in [3.05, 3.63) is 271 Å². The fourth-order valence-corrected chi connectivity index (χ4v) is 9.73. The van der Waals surface area contributed by atoms with Crippen LogP contribution >= 0.6 is 0 Å². The molecule has 282 valence electrons. The average Bonchev–Trinajstić information content (AvgIpc) is 3.64. The van der Waals surface area contributed by atoms with E-state index in [0.717, 1.165) is 17.1 Å². The van der Waals surface area contributed by atoms with Gasteiger partial charge in [0, 0.05) is 16.8 Å². The second-order valence-electron chi connectivity index (χ2n) is 15.6. The van der Waals surface area contributed by atoms with Gasteiger partial charge in [-0.3, -0.25) is 0 Å². The van der Waals surface area contributed by atoms with Gasteiger partial charge >= 0.3 is 0 Å². The Balaban J connectivity index is 1.26. The van der Waals surface area contributed by atoms with Gasteiger partial charge < -0.3 is 4.90 Å². The highest BCUT2D eigenvalue weighted by Crippen LogP contribution is 2.60. The monoisotopic (exact) mass is 763 g/mol. The fraction of sp³-hybridized carbons (Fsp3) is 0.0169. The molecule has 10 aromatic carbocycles. The van der Waals surface area contributed by atoms with Gasteiger partial charge in [0.1, 0.15) is 0 Å². The third-order valence-electron chi connectivity index (χ3n) is 12.3. The van der Waals surface area contributed by atoms with Crippen LogP contribution in [0.15, 0.2) is 249 Å². The smallest absolute Gasteiger partial charge is 0.0719 e. The van der Waals surface area contributed by atoms with Crippen molar-refractivity contribution in [3.63, 3.8) is 0 Å². The molecule has 0 spiro atoms. The Bertz CT molecular complexity index is 2960. The summed E-state index contributed by atoms with van der Waals surface area (Å²) in [5.74, 6) is 0. The Morgan fingerprint density at radius 2 is 0.717 bits per heavy atom. The molecule has 0 saturated carbocycles.